The molecule has 0 aromatic heterocycles. The van der Waals surface area contributed by atoms with Gasteiger partial charge < -0.3 is 0 Å². The van der Waals surface area contributed by atoms with Crippen molar-refractivity contribution in [3.63, 3.8) is 0 Å². The van der Waals surface area contributed by atoms with Gasteiger partial charge in [-0.2, -0.15) is 0 Å². The summed E-state index contributed by atoms with van der Waals surface area (Å²) in [7, 11) is 0. The molecule has 20 heavy (non-hydrogen) atoms. The van der Waals surface area contributed by atoms with Gasteiger partial charge in [0.1, 0.15) is 0 Å². The zero-order chi connectivity index (χ0) is 14.1. The molecule has 0 saturated heterocycles. The number of hydrogen-bond donors (Lipinski definition) is 0. The van der Waals surface area contributed by atoms with E-state index in [4.69, 9.17) is 11.6 Å². The van der Waals surface area contributed by atoms with Crippen LogP contribution in [0.3, 0.4) is 0 Å². The predicted octanol–water partition coefficient (Wildman–Crippen LogP) is 5.03. The Labute approximate surface area is 122 Å². The van der Waals surface area contributed by atoms with Gasteiger partial charge in [-0.1, -0.05) is 54.1 Å². The summed E-state index contributed by atoms with van der Waals surface area (Å²) in [6.45, 7) is 1.91. The van der Waals surface area contributed by atoms with Crippen molar-refractivity contribution in [3.05, 3.63) is 82.4 Å². The Morgan fingerprint density at radius 2 is 1.65 bits per heavy atom. The molecule has 0 aliphatic rings. The van der Waals surface area contributed by atoms with E-state index in [-0.39, 0.29) is 5.78 Å². The lowest BCUT2D eigenvalue weighted by molar-refractivity contribution is 0.103. The van der Waals surface area contributed by atoms with Gasteiger partial charge in [-0.3, -0.25) is 4.79 Å². The van der Waals surface area contributed by atoms with E-state index < -0.39 is 0 Å². The Morgan fingerprint density at radius 1 is 0.900 bits per heavy atom. The summed E-state index contributed by atoms with van der Waals surface area (Å²) in [6.07, 6.45) is 0. The Kier molecular flexibility index (Phi) is 3.29. The molecule has 3 rings (SSSR count). The fourth-order valence-electron chi connectivity index (χ4n) is 2.45. The van der Waals surface area contributed by atoms with Crippen molar-refractivity contribution in [1.29, 1.82) is 0 Å². The molecule has 0 aliphatic carbocycles. The van der Waals surface area contributed by atoms with Gasteiger partial charge in [0.05, 0.1) is 0 Å². The maximum atomic E-state index is 12.7. The molecule has 0 N–H and O–H groups in total. The predicted molar refractivity (Wildman–Crippen MR) is 83.6 cm³/mol. The minimum Gasteiger partial charge on any atom is -0.289 e. The van der Waals surface area contributed by atoms with Crippen molar-refractivity contribution in [2.24, 2.45) is 0 Å². The molecule has 0 radical (unpaired) electrons. The third kappa shape index (κ3) is 2.21. The van der Waals surface area contributed by atoms with Crippen molar-refractivity contribution in [2.75, 3.05) is 0 Å². The monoisotopic (exact) mass is 280 g/mol. The summed E-state index contributed by atoms with van der Waals surface area (Å²) in [5.41, 5.74) is 2.33. The minimum absolute atomic E-state index is 0.0379. The first kappa shape index (κ1) is 12.9. The fraction of sp³-hybridized carbons (Fsp3) is 0.0556. The average Bonchev–Trinajstić information content (AvgIpc) is 2.46. The van der Waals surface area contributed by atoms with Gasteiger partial charge in [0.2, 0.25) is 0 Å². The van der Waals surface area contributed by atoms with Crippen molar-refractivity contribution in [2.45, 2.75) is 6.92 Å². The molecule has 0 spiro atoms. The number of carbonyl (C=O) groups is 1. The second-order valence-corrected chi connectivity index (χ2v) is 5.25. The molecule has 1 nitrogen and oxygen atoms in total. The van der Waals surface area contributed by atoms with Crippen molar-refractivity contribution < 1.29 is 4.79 Å². The zero-order valence-electron chi connectivity index (χ0n) is 11.1. The first-order chi connectivity index (χ1) is 9.66. The van der Waals surface area contributed by atoms with Crippen molar-refractivity contribution >= 4 is 28.2 Å². The molecule has 0 unspecified atom stereocenters. The zero-order valence-corrected chi connectivity index (χ0v) is 11.8. The second-order valence-electron chi connectivity index (χ2n) is 4.82. The van der Waals surface area contributed by atoms with Crippen LogP contribution in [0.2, 0.25) is 5.02 Å². The van der Waals surface area contributed by atoms with Gasteiger partial charge in [-0.25, -0.2) is 0 Å². The number of carbonyl (C=O) groups excluding carboxylic acids is 1. The summed E-state index contributed by atoms with van der Waals surface area (Å²) < 4.78 is 0. The van der Waals surface area contributed by atoms with E-state index in [0.717, 1.165) is 21.9 Å². The average molecular weight is 281 g/mol. The SMILES string of the molecule is Cc1cc(Cl)ccc1C(=O)c1cccc2ccccc12. The molecule has 3 aromatic rings. The Bertz CT molecular complexity index is 800. The van der Waals surface area contributed by atoms with Crippen LogP contribution in [0.1, 0.15) is 21.5 Å². The van der Waals surface area contributed by atoms with E-state index in [0.29, 0.717) is 10.6 Å². The highest BCUT2D eigenvalue weighted by Gasteiger charge is 2.14. The van der Waals surface area contributed by atoms with Gasteiger partial charge in [0.25, 0.3) is 0 Å². The third-order valence-electron chi connectivity index (χ3n) is 3.47. The molecule has 0 heterocycles. The van der Waals surface area contributed by atoms with E-state index >= 15 is 0 Å². The van der Waals surface area contributed by atoms with Crippen LogP contribution in [0.15, 0.2) is 60.7 Å². The van der Waals surface area contributed by atoms with Crippen LogP contribution in [0.4, 0.5) is 0 Å². The van der Waals surface area contributed by atoms with Gasteiger partial charge in [-0.15, -0.1) is 0 Å². The molecule has 0 bridgehead atoms. The lowest BCUT2D eigenvalue weighted by atomic mass is 9.95. The van der Waals surface area contributed by atoms with Crippen molar-refractivity contribution in [3.8, 4) is 0 Å². The molecule has 0 amide bonds. The molecular weight excluding hydrogens is 268 g/mol. The summed E-state index contributed by atoms with van der Waals surface area (Å²) in [4.78, 5) is 12.7. The minimum atomic E-state index is 0.0379. The van der Waals surface area contributed by atoms with Crippen LogP contribution in [0, 0.1) is 6.92 Å². The number of halogens is 1. The second kappa shape index (κ2) is 5.10. The molecule has 0 aliphatic heterocycles. The highest BCUT2D eigenvalue weighted by atomic mass is 35.5. The van der Waals surface area contributed by atoms with Crippen LogP contribution >= 0.6 is 11.6 Å². The Morgan fingerprint density at radius 3 is 2.45 bits per heavy atom. The first-order valence-corrected chi connectivity index (χ1v) is 6.83. The van der Waals surface area contributed by atoms with Crippen LogP contribution in [0.25, 0.3) is 10.8 Å². The number of aryl methyl sites for hydroxylation is 1. The number of fused-ring (bicyclic) bond motifs is 1. The van der Waals surface area contributed by atoms with E-state index in [1.54, 1.807) is 12.1 Å². The Balaban J connectivity index is 2.18. The van der Waals surface area contributed by atoms with E-state index in [9.17, 15) is 4.79 Å². The van der Waals surface area contributed by atoms with Gasteiger partial charge in [0.15, 0.2) is 5.78 Å². The largest absolute Gasteiger partial charge is 0.289 e. The summed E-state index contributed by atoms with van der Waals surface area (Å²) in [6, 6.07) is 19.1. The third-order valence-corrected chi connectivity index (χ3v) is 3.70. The van der Waals surface area contributed by atoms with Gasteiger partial charge in [0, 0.05) is 16.1 Å². The fourth-order valence-corrected chi connectivity index (χ4v) is 2.68. The van der Waals surface area contributed by atoms with Crippen LogP contribution in [-0.4, -0.2) is 5.78 Å². The first-order valence-electron chi connectivity index (χ1n) is 6.45. The van der Waals surface area contributed by atoms with Gasteiger partial charge in [-0.05, 0) is 41.5 Å². The molecule has 2 heteroatoms. The Hall–Kier alpha value is -2.12. The highest BCUT2D eigenvalue weighted by molar-refractivity contribution is 6.31. The summed E-state index contributed by atoms with van der Waals surface area (Å²) in [5.74, 6) is 0.0379. The number of rotatable bonds is 2. The number of ketones is 1. The topological polar surface area (TPSA) is 17.1 Å². The smallest absolute Gasteiger partial charge is 0.193 e. The highest BCUT2D eigenvalue weighted by Crippen LogP contribution is 2.24. The molecule has 0 atom stereocenters. The maximum absolute atomic E-state index is 12.7. The molecule has 0 saturated carbocycles. The lowest BCUT2D eigenvalue weighted by Gasteiger charge is -2.08. The molecular formula is C18H13ClO. The number of benzene rings is 3. The molecule has 0 fully saturated rings. The van der Waals surface area contributed by atoms with E-state index in [2.05, 4.69) is 0 Å². The quantitative estimate of drug-likeness (QED) is 0.602. The van der Waals surface area contributed by atoms with Crippen molar-refractivity contribution in [1.82, 2.24) is 0 Å². The van der Waals surface area contributed by atoms with Crippen LogP contribution in [-0.2, 0) is 0 Å². The van der Waals surface area contributed by atoms with Gasteiger partial charge >= 0.3 is 0 Å². The summed E-state index contributed by atoms with van der Waals surface area (Å²) >= 11 is 5.95. The maximum Gasteiger partial charge on any atom is 0.193 e. The van der Waals surface area contributed by atoms with E-state index in [1.165, 1.54) is 0 Å². The molecule has 3 aromatic carbocycles. The normalized spacial score (nSPS) is 10.7. The number of hydrogen-bond acceptors (Lipinski definition) is 1. The molecule has 98 valence electrons. The van der Waals surface area contributed by atoms with Crippen LogP contribution < -0.4 is 0 Å². The van der Waals surface area contributed by atoms with Crippen LogP contribution in [0.5, 0.6) is 0 Å². The summed E-state index contributed by atoms with van der Waals surface area (Å²) in [5, 5.41) is 2.70. The van der Waals surface area contributed by atoms with E-state index in [1.807, 2.05) is 55.5 Å². The standard InChI is InChI=1S/C18H13ClO/c1-12-11-14(19)9-10-15(12)18(20)17-8-4-6-13-5-2-3-7-16(13)17/h2-11H,1H3. The lowest BCUT2D eigenvalue weighted by Crippen LogP contribution is -2.04.